The summed E-state index contributed by atoms with van der Waals surface area (Å²) in [5, 5.41) is 2.97. The summed E-state index contributed by atoms with van der Waals surface area (Å²) in [6, 6.07) is 17.5. The van der Waals surface area contributed by atoms with Crippen LogP contribution in [0.1, 0.15) is 6.92 Å². The molecular formula is C15H15P. The molecule has 0 N–H and O–H groups in total. The van der Waals surface area contributed by atoms with E-state index < -0.39 is 6.89 Å². The highest BCUT2D eigenvalue weighted by atomic mass is 31.2. The smallest absolute Gasteiger partial charge is 0.00978 e. The van der Waals surface area contributed by atoms with Gasteiger partial charge in [-0.15, -0.1) is 0 Å². The summed E-state index contributed by atoms with van der Waals surface area (Å²) >= 11 is 0. The van der Waals surface area contributed by atoms with E-state index in [0.717, 1.165) is 6.16 Å². The van der Waals surface area contributed by atoms with Crippen LogP contribution in [0.3, 0.4) is 0 Å². The molecule has 0 nitrogen and oxygen atoms in total. The van der Waals surface area contributed by atoms with Gasteiger partial charge in [0.2, 0.25) is 0 Å². The van der Waals surface area contributed by atoms with Gasteiger partial charge in [-0.1, -0.05) is 68.6 Å². The first-order valence-electron chi connectivity index (χ1n) is 5.69. The second-order valence-electron chi connectivity index (χ2n) is 4.32. The van der Waals surface area contributed by atoms with Crippen molar-refractivity contribution in [2.45, 2.75) is 6.92 Å². The lowest BCUT2D eigenvalue weighted by Crippen LogP contribution is -2.11. The number of fused-ring (bicyclic) bond motifs is 3. The van der Waals surface area contributed by atoms with E-state index in [9.17, 15) is 0 Å². The quantitative estimate of drug-likeness (QED) is 0.655. The van der Waals surface area contributed by atoms with Crippen molar-refractivity contribution < 1.29 is 0 Å². The molecule has 0 atom stereocenters. The van der Waals surface area contributed by atoms with Crippen molar-refractivity contribution >= 4 is 23.8 Å². The molecule has 0 aliphatic carbocycles. The fourth-order valence-electron chi connectivity index (χ4n) is 2.62. The van der Waals surface area contributed by atoms with Crippen LogP contribution in [0.25, 0.3) is 11.1 Å². The van der Waals surface area contributed by atoms with Crippen molar-refractivity contribution in [3.63, 3.8) is 0 Å². The Hall–Kier alpha value is -1.26. The molecule has 1 heteroatoms. The van der Waals surface area contributed by atoms with Crippen molar-refractivity contribution in [3.05, 3.63) is 48.5 Å². The van der Waals surface area contributed by atoms with E-state index in [-0.39, 0.29) is 0 Å². The van der Waals surface area contributed by atoms with E-state index in [4.69, 9.17) is 0 Å². The summed E-state index contributed by atoms with van der Waals surface area (Å²) in [6.45, 7) is 0.933. The summed E-state index contributed by atoms with van der Waals surface area (Å²) in [5.74, 6) is 0. The Bertz CT molecular complexity index is 546. The predicted molar refractivity (Wildman–Crippen MR) is 75.7 cm³/mol. The zero-order valence-corrected chi connectivity index (χ0v) is 10.4. The van der Waals surface area contributed by atoms with Crippen LogP contribution in [0.5, 0.6) is 0 Å². The highest BCUT2D eigenvalue weighted by molar-refractivity contribution is 7.88. The Kier molecular flexibility index (Phi) is 2.09. The van der Waals surface area contributed by atoms with Gasteiger partial charge in [0.15, 0.2) is 0 Å². The molecule has 1 heterocycles. The Balaban J connectivity index is 2.44. The van der Waals surface area contributed by atoms with Crippen LogP contribution in [0.4, 0.5) is 0 Å². The van der Waals surface area contributed by atoms with Crippen LogP contribution in [-0.4, -0.2) is 12.5 Å². The lowest BCUT2D eigenvalue weighted by molar-refractivity contribution is 1.51. The molecule has 1 aliphatic rings. The van der Waals surface area contributed by atoms with Crippen LogP contribution < -0.4 is 10.6 Å². The molecule has 1 aliphatic heterocycles. The molecule has 3 rings (SSSR count). The summed E-state index contributed by atoms with van der Waals surface area (Å²) in [6.07, 6.45) is 5.74. The minimum Gasteiger partial charge on any atom is -0.0926 e. The zero-order valence-electron chi connectivity index (χ0n) is 9.48. The zero-order chi connectivity index (χ0) is 11.2. The molecule has 0 amide bonds. The standard InChI is InChI=1S/C15H15P/c1-3-16(2)14-10-6-4-8-12(14)13-9-5-7-11-15(13)16/h4-11H,2-3H2,1H3. The minimum absolute atomic E-state index is 1.15. The Morgan fingerprint density at radius 3 is 1.75 bits per heavy atom. The first-order chi connectivity index (χ1) is 7.77. The first kappa shape index (κ1) is 9.93. The molecular weight excluding hydrogens is 211 g/mol. The first-order valence-corrected chi connectivity index (χ1v) is 7.85. The molecule has 0 aromatic heterocycles. The molecule has 0 spiro atoms. The summed E-state index contributed by atoms with van der Waals surface area (Å²) in [7, 11) is 0. The van der Waals surface area contributed by atoms with Crippen LogP contribution in [0.2, 0.25) is 0 Å². The molecule has 0 fully saturated rings. The molecule has 2 aromatic carbocycles. The molecule has 0 unspecified atom stereocenters. The Labute approximate surface area is 96.9 Å². The highest BCUT2D eigenvalue weighted by Gasteiger charge is 2.30. The predicted octanol–water partition coefficient (Wildman–Crippen LogP) is 3.09. The number of hydrogen-bond donors (Lipinski definition) is 0. The van der Waals surface area contributed by atoms with Crippen molar-refractivity contribution in [1.29, 1.82) is 0 Å². The van der Waals surface area contributed by atoms with Crippen LogP contribution in [0, 0.1) is 0 Å². The number of rotatable bonds is 1. The van der Waals surface area contributed by atoms with Crippen molar-refractivity contribution in [1.82, 2.24) is 0 Å². The van der Waals surface area contributed by atoms with E-state index in [1.165, 1.54) is 21.7 Å². The third-order valence-electron chi connectivity index (χ3n) is 3.56. The van der Waals surface area contributed by atoms with Gasteiger partial charge in [0.25, 0.3) is 0 Å². The topological polar surface area (TPSA) is 0 Å². The second-order valence-corrected chi connectivity index (χ2v) is 7.85. The Morgan fingerprint density at radius 1 is 0.875 bits per heavy atom. The normalized spacial score (nSPS) is 15.6. The molecule has 0 saturated carbocycles. The number of benzene rings is 2. The van der Waals surface area contributed by atoms with Crippen LogP contribution >= 0.6 is 6.89 Å². The lowest BCUT2D eigenvalue weighted by Gasteiger charge is -2.19. The van der Waals surface area contributed by atoms with E-state index in [1.807, 2.05) is 0 Å². The van der Waals surface area contributed by atoms with E-state index in [1.54, 1.807) is 0 Å². The van der Waals surface area contributed by atoms with Crippen molar-refractivity contribution in [2.24, 2.45) is 0 Å². The molecule has 0 bridgehead atoms. The second kappa shape index (κ2) is 3.37. The van der Waals surface area contributed by atoms with E-state index in [2.05, 4.69) is 61.8 Å². The van der Waals surface area contributed by atoms with Gasteiger partial charge >= 0.3 is 0 Å². The SMILES string of the molecule is C=P1(CC)c2ccccc2-c2ccccc21. The molecule has 0 radical (unpaired) electrons. The summed E-state index contributed by atoms with van der Waals surface area (Å²) < 4.78 is 0. The minimum atomic E-state index is -1.33. The van der Waals surface area contributed by atoms with Gasteiger partial charge in [-0.05, 0) is 27.9 Å². The van der Waals surface area contributed by atoms with Crippen LogP contribution in [-0.2, 0) is 0 Å². The molecule has 16 heavy (non-hydrogen) atoms. The fourth-order valence-corrected chi connectivity index (χ4v) is 5.62. The third-order valence-corrected chi connectivity index (χ3v) is 7.26. The monoisotopic (exact) mass is 226 g/mol. The van der Waals surface area contributed by atoms with Gasteiger partial charge in [0.1, 0.15) is 0 Å². The largest absolute Gasteiger partial charge is 0.0926 e. The molecule has 0 saturated heterocycles. The van der Waals surface area contributed by atoms with E-state index in [0.29, 0.717) is 0 Å². The van der Waals surface area contributed by atoms with Crippen molar-refractivity contribution in [2.75, 3.05) is 6.16 Å². The van der Waals surface area contributed by atoms with Crippen molar-refractivity contribution in [3.8, 4) is 11.1 Å². The van der Waals surface area contributed by atoms with Gasteiger partial charge in [-0.3, -0.25) is 0 Å². The fraction of sp³-hybridized carbons (Fsp3) is 0.133. The van der Waals surface area contributed by atoms with Gasteiger partial charge < -0.3 is 0 Å². The molecule has 2 aromatic rings. The maximum atomic E-state index is 4.58. The average molecular weight is 226 g/mol. The summed E-state index contributed by atoms with van der Waals surface area (Å²) in [4.78, 5) is 0. The molecule has 80 valence electrons. The van der Waals surface area contributed by atoms with Gasteiger partial charge in [-0.2, -0.15) is 0 Å². The summed E-state index contributed by atoms with van der Waals surface area (Å²) in [5.41, 5.74) is 2.81. The van der Waals surface area contributed by atoms with E-state index >= 15 is 0 Å². The van der Waals surface area contributed by atoms with Gasteiger partial charge in [0.05, 0.1) is 0 Å². The Morgan fingerprint density at radius 2 is 1.31 bits per heavy atom. The van der Waals surface area contributed by atoms with Gasteiger partial charge in [-0.25, -0.2) is 0 Å². The number of hydrogen-bond acceptors (Lipinski definition) is 0. The maximum absolute atomic E-state index is 4.58. The third kappa shape index (κ3) is 1.11. The lowest BCUT2D eigenvalue weighted by atomic mass is 10.1. The highest BCUT2D eigenvalue weighted by Crippen LogP contribution is 2.51. The van der Waals surface area contributed by atoms with Gasteiger partial charge in [0, 0.05) is 0 Å². The maximum Gasteiger partial charge on any atom is -0.00978 e. The average Bonchev–Trinajstić information content (AvgIpc) is 2.62. The van der Waals surface area contributed by atoms with Crippen LogP contribution in [0.15, 0.2) is 48.5 Å².